The maximum atomic E-state index is 12.0. The molecule has 2 N–H and O–H groups in total. The number of nitrogens with one attached hydrogen (secondary N) is 2. The summed E-state index contributed by atoms with van der Waals surface area (Å²) in [6.45, 7) is 2.11. The van der Waals surface area contributed by atoms with Crippen LogP contribution in [0.25, 0.3) is 0 Å². The Bertz CT molecular complexity index is 676. The number of hydrogen-bond donors (Lipinski definition) is 2. The molecule has 0 aliphatic rings. The van der Waals surface area contributed by atoms with E-state index in [0.29, 0.717) is 20.8 Å². The number of halogens is 3. The van der Waals surface area contributed by atoms with E-state index >= 15 is 0 Å². The van der Waals surface area contributed by atoms with E-state index < -0.39 is 0 Å². The lowest BCUT2D eigenvalue weighted by Gasteiger charge is -2.15. The van der Waals surface area contributed by atoms with Gasteiger partial charge in [0, 0.05) is 16.1 Å². The average Bonchev–Trinajstić information content (AvgIpc) is 2.48. The van der Waals surface area contributed by atoms with Gasteiger partial charge in [-0.25, -0.2) is 0 Å². The Kier molecular flexibility index (Phi) is 6.09. The molecule has 0 aliphatic carbocycles. The van der Waals surface area contributed by atoms with Crippen molar-refractivity contribution in [1.29, 1.82) is 0 Å². The van der Waals surface area contributed by atoms with Crippen LogP contribution in [0.4, 0.5) is 5.69 Å². The molecule has 2 rings (SSSR count). The molecule has 3 nitrogen and oxygen atoms in total. The van der Waals surface area contributed by atoms with Crippen LogP contribution < -0.4 is 10.6 Å². The molecule has 6 heteroatoms. The molecule has 0 fully saturated rings. The van der Waals surface area contributed by atoms with Gasteiger partial charge in [-0.3, -0.25) is 4.79 Å². The van der Waals surface area contributed by atoms with Crippen LogP contribution in [0.1, 0.15) is 18.5 Å². The van der Waals surface area contributed by atoms with Crippen molar-refractivity contribution in [2.24, 2.45) is 0 Å². The van der Waals surface area contributed by atoms with Gasteiger partial charge >= 0.3 is 0 Å². The molecule has 0 spiro atoms. The van der Waals surface area contributed by atoms with Crippen molar-refractivity contribution in [3.05, 3.63) is 63.1 Å². The number of carbonyl (C=O) groups excluding carboxylic acids is 1. The van der Waals surface area contributed by atoms with Crippen molar-refractivity contribution in [1.82, 2.24) is 5.32 Å². The summed E-state index contributed by atoms with van der Waals surface area (Å²) in [4.78, 5) is 12.0. The quantitative estimate of drug-likeness (QED) is 0.796. The highest BCUT2D eigenvalue weighted by molar-refractivity contribution is 6.35. The normalized spacial score (nSPS) is 12.0. The molecule has 1 amide bonds. The Labute approximate surface area is 144 Å². The highest BCUT2D eigenvalue weighted by atomic mass is 35.5. The average molecular weight is 358 g/mol. The van der Waals surface area contributed by atoms with Gasteiger partial charge in [-0.1, -0.05) is 46.9 Å². The smallest absolute Gasteiger partial charge is 0.238 e. The summed E-state index contributed by atoms with van der Waals surface area (Å²) in [7, 11) is 0. The minimum atomic E-state index is -0.196. The van der Waals surface area contributed by atoms with Crippen molar-refractivity contribution in [3.63, 3.8) is 0 Å². The summed E-state index contributed by atoms with van der Waals surface area (Å²) < 4.78 is 0. The molecule has 0 aromatic heterocycles. The fourth-order valence-corrected chi connectivity index (χ4v) is 2.46. The Morgan fingerprint density at radius 1 is 1.09 bits per heavy atom. The van der Waals surface area contributed by atoms with Crippen LogP contribution in [-0.2, 0) is 4.79 Å². The first-order chi connectivity index (χ1) is 10.5. The molecular formula is C16H15Cl3N2O. The van der Waals surface area contributed by atoms with Gasteiger partial charge in [0.15, 0.2) is 0 Å². The van der Waals surface area contributed by atoms with Gasteiger partial charge < -0.3 is 10.6 Å². The zero-order chi connectivity index (χ0) is 16.1. The molecule has 0 saturated carbocycles. The largest absolute Gasteiger partial charge is 0.324 e. The van der Waals surface area contributed by atoms with Gasteiger partial charge in [-0.05, 0) is 42.8 Å². The maximum absolute atomic E-state index is 12.0. The molecule has 0 saturated heterocycles. The molecule has 22 heavy (non-hydrogen) atoms. The molecular weight excluding hydrogens is 343 g/mol. The van der Waals surface area contributed by atoms with Gasteiger partial charge in [0.1, 0.15) is 0 Å². The van der Waals surface area contributed by atoms with E-state index in [1.807, 2.05) is 31.2 Å². The van der Waals surface area contributed by atoms with Crippen LogP contribution in [0.15, 0.2) is 42.5 Å². The predicted molar refractivity (Wildman–Crippen MR) is 93.0 cm³/mol. The molecule has 116 valence electrons. The molecule has 2 aromatic carbocycles. The lowest BCUT2D eigenvalue weighted by molar-refractivity contribution is -0.115. The zero-order valence-corrected chi connectivity index (χ0v) is 14.1. The van der Waals surface area contributed by atoms with Crippen LogP contribution in [-0.4, -0.2) is 12.5 Å². The van der Waals surface area contributed by atoms with E-state index in [0.717, 1.165) is 5.56 Å². The molecule has 0 unspecified atom stereocenters. The molecule has 0 heterocycles. The number of rotatable bonds is 5. The third-order valence-corrected chi connectivity index (χ3v) is 3.92. The summed E-state index contributed by atoms with van der Waals surface area (Å²) in [6.07, 6.45) is 0. The molecule has 0 radical (unpaired) electrons. The van der Waals surface area contributed by atoms with Gasteiger partial charge in [0.25, 0.3) is 0 Å². The summed E-state index contributed by atoms with van der Waals surface area (Å²) in [6, 6.07) is 12.4. The second kappa shape index (κ2) is 7.84. The SMILES string of the molecule is C[C@H](NCC(=O)Nc1cc(Cl)ccc1Cl)c1cccc(Cl)c1. The van der Waals surface area contributed by atoms with E-state index in [4.69, 9.17) is 34.8 Å². The van der Waals surface area contributed by atoms with Gasteiger partial charge in [0.2, 0.25) is 5.91 Å². The number of carbonyl (C=O) groups is 1. The minimum absolute atomic E-state index is 0.000664. The summed E-state index contributed by atoms with van der Waals surface area (Å²) in [5.41, 5.74) is 1.51. The van der Waals surface area contributed by atoms with Gasteiger partial charge in [-0.2, -0.15) is 0 Å². The third-order valence-electron chi connectivity index (χ3n) is 3.12. The second-order valence-electron chi connectivity index (χ2n) is 4.83. The summed E-state index contributed by atoms with van der Waals surface area (Å²) >= 11 is 17.8. The lowest BCUT2D eigenvalue weighted by atomic mass is 10.1. The van der Waals surface area contributed by atoms with Crippen molar-refractivity contribution in [3.8, 4) is 0 Å². The molecule has 0 bridgehead atoms. The minimum Gasteiger partial charge on any atom is -0.324 e. The van der Waals surface area contributed by atoms with E-state index in [1.54, 1.807) is 18.2 Å². The lowest BCUT2D eigenvalue weighted by Crippen LogP contribution is -2.30. The van der Waals surface area contributed by atoms with Crippen LogP contribution in [0.3, 0.4) is 0 Å². The van der Waals surface area contributed by atoms with E-state index in [-0.39, 0.29) is 18.5 Å². The highest BCUT2D eigenvalue weighted by Gasteiger charge is 2.10. The van der Waals surface area contributed by atoms with E-state index in [9.17, 15) is 4.79 Å². The fraction of sp³-hybridized carbons (Fsp3) is 0.188. The number of amides is 1. The molecule has 2 aromatic rings. The van der Waals surface area contributed by atoms with E-state index in [2.05, 4.69) is 10.6 Å². The van der Waals surface area contributed by atoms with Crippen molar-refractivity contribution >= 4 is 46.4 Å². The first-order valence-electron chi connectivity index (χ1n) is 6.69. The monoisotopic (exact) mass is 356 g/mol. The first-order valence-corrected chi connectivity index (χ1v) is 7.83. The second-order valence-corrected chi connectivity index (χ2v) is 6.11. The Hall–Kier alpha value is -1.26. The van der Waals surface area contributed by atoms with Crippen LogP contribution >= 0.6 is 34.8 Å². The Morgan fingerprint density at radius 2 is 1.82 bits per heavy atom. The summed E-state index contributed by atoms with van der Waals surface area (Å²) in [5.74, 6) is -0.196. The third kappa shape index (κ3) is 4.89. The highest BCUT2D eigenvalue weighted by Crippen LogP contribution is 2.25. The van der Waals surface area contributed by atoms with Crippen LogP contribution in [0, 0.1) is 0 Å². The number of anilines is 1. The van der Waals surface area contributed by atoms with Gasteiger partial charge in [0.05, 0.1) is 17.3 Å². The topological polar surface area (TPSA) is 41.1 Å². The zero-order valence-electron chi connectivity index (χ0n) is 11.9. The number of benzene rings is 2. The molecule has 1 atom stereocenters. The number of hydrogen-bond acceptors (Lipinski definition) is 2. The van der Waals surface area contributed by atoms with Crippen LogP contribution in [0.5, 0.6) is 0 Å². The fourth-order valence-electron chi connectivity index (χ4n) is 1.93. The standard InChI is InChI=1S/C16H15Cl3N2O/c1-10(11-3-2-4-12(17)7-11)20-9-16(22)21-15-8-13(18)5-6-14(15)19/h2-8,10,20H,9H2,1H3,(H,21,22)/t10-/m0/s1. The van der Waals surface area contributed by atoms with Crippen molar-refractivity contribution in [2.45, 2.75) is 13.0 Å². The molecule has 0 aliphatic heterocycles. The predicted octanol–water partition coefficient (Wildman–Crippen LogP) is 4.94. The van der Waals surface area contributed by atoms with Crippen molar-refractivity contribution < 1.29 is 4.79 Å². The Morgan fingerprint density at radius 3 is 2.55 bits per heavy atom. The van der Waals surface area contributed by atoms with Crippen molar-refractivity contribution in [2.75, 3.05) is 11.9 Å². The Balaban J connectivity index is 1.91. The maximum Gasteiger partial charge on any atom is 0.238 e. The van der Waals surface area contributed by atoms with Gasteiger partial charge in [-0.15, -0.1) is 0 Å². The summed E-state index contributed by atoms with van der Waals surface area (Å²) in [5, 5.41) is 7.49. The van der Waals surface area contributed by atoms with Crippen LogP contribution in [0.2, 0.25) is 15.1 Å². The first kappa shape index (κ1) is 17.1. The van der Waals surface area contributed by atoms with E-state index in [1.165, 1.54) is 0 Å².